The van der Waals surface area contributed by atoms with Crippen molar-refractivity contribution < 1.29 is 96.8 Å². The van der Waals surface area contributed by atoms with Crippen LogP contribution in [0.25, 0.3) is 10.9 Å². The first kappa shape index (κ1) is 97.7. The molecule has 0 spiro atoms. The van der Waals surface area contributed by atoms with Crippen LogP contribution in [-0.4, -0.2) is 225 Å². The van der Waals surface area contributed by atoms with E-state index in [0.29, 0.717) is 34.0 Å². The molecule has 0 aliphatic heterocycles. The number of carboxylic acids is 2. The number of para-hydroxylation sites is 1. The van der Waals surface area contributed by atoms with Crippen molar-refractivity contribution in [1.82, 2.24) is 74.1 Å². The van der Waals surface area contributed by atoms with E-state index in [1.807, 2.05) is 0 Å². The van der Waals surface area contributed by atoms with E-state index in [1.54, 1.807) is 98.8 Å². The van der Waals surface area contributed by atoms with E-state index in [2.05, 4.69) is 74.1 Å². The summed E-state index contributed by atoms with van der Waals surface area (Å²) < 4.78 is 0. The summed E-state index contributed by atoms with van der Waals surface area (Å²) >= 11 is 0. The third-order valence-corrected chi connectivity index (χ3v) is 19.0. The Kier molecular flexibility index (Phi) is 40.8. The third-order valence-electron chi connectivity index (χ3n) is 19.0. The number of carbonyl (C=O) groups is 17. The van der Waals surface area contributed by atoms with Gasteiger partial charge in [-0.3, -0.25) is 82.1 Å². The Morgan fingerprint density at radius 1 is 0.432 bits per heavy atom. The van der Waals surface area contributed by atoms with Gasteiger partial charge in [-0.25, -0.2) is 4.79 Å². The molecule has 646 valence electrons. The Morgan fingerprint density at radius 2 is 0.856 bits per heavy atom. The van der Waals surface area contributed by atoms with Crippen LogP contribution in [0, 0.1) is 17.2 Å². The molecule has 1 aromatic heterocycles. The van der Waals surface area contributed by atoms with Gasteiger partial charge in [-0.15, -0.1) is 0 Å². The van der Waals surface area contributed by atoms with Crippen LogP contribution in [0.1, 0.15) is 135 Å². The van der Waals surface area contributed by atoms with E-state index >= 15 is 4.79 Å². The van der Waals surface area contributed by atoms with Gasteiger partial charge in [0.25, 0.3) is 0 Å². The number of H-pyrrole nitrogens is 1. The van der Waals surface area contributed by atoms with E-state index in [9.17, 15) is 92.0 Å². The van der Waals surface area contributed by atoms with Crippen molar-refractivity contribution in [3.8, 4) is 0 Å². The van der Waals surface area contributed by atoms with Gasteiger partial charge in [-0.05, 0) is 99.9 Å². The normalized spacial score (nSPS) is 14.9. The fraction of sp³-hybridized carbons (Fsp3) is 0.506. The minimum absolute atomic E-state index is 0.0107. The highest BCUT2D eigenvalue weighted by molar-refractivity contribution is 6.02. The van der Waals surface area contributed by atoms with E-state index in [4.69, 9.17) is 39.8 Å². The highest BCUT2D eigenvalue weighted by atomic mass is 16.4. The maximum Gasteiger partial charge on any atom is 0.326 e. The van der Waals surface area contributed by atoms with E-state index < -0.39 is 229 Å². The molecule has 0 fully saturated rings. The molecule has 0 unspecified atom stereocenters. The van der Waals surface area contributed by atoms with Crippen molar-refractivity contribution in [3.63, 3.8) is 0 Å². The van der Waals surface area contributed by atoms with E-state index in [-0.39, 0.29) is 77.3 Å². The predicted octanol–water partition coefficient (Wildman–Crippen LogP) is -5.20. The zero-order valence-corrected chi connectivity index (χ0v) is 66.7. The zero-order chi connectivity index (χ0) is 88.0. The molecule has 0 aliphatic carbocycles. The van der Waals surface area contributed by atoms with Gasteiger partial charge in [0.15, 0.2) is 5.96 Å². The van der Waals surface area contributed by atoms with Crippen LogP contribution >= 0.6 is 0 Å². The Labute approximate surface area is 680 Å². The minimum atomic E-state index is -2.08. The zero-order valence-electron chi connectivity index (χ0n) is 66.7. The first-order valence-corrected chi connectivity index (χ1v) is 38.5. The highest BCUT2D eigenvalue weighted by Crippen LogP contribution is 2.21. The number of unbranched alkanes of at least 4 members (excludes halogenated alkanes) is 1. The molecule has 4 rings (SSSR count). The van der Waals surface area contributed by atoms with Gasteiger partial charge in [0.05, 0.1) is 25.0 Å². The van der Waals surface area contributed by atoms with Gasteiger partial charge in [0.1, 0.15) is 72.5 Å². The number of amides is 15. The lowest BCUT2D eigenvalue weighted by atomic mass is 9.96. The molecule has 41 heteroatoms. The lowest BCUT2D eigenvalue weighted by Gasteiger charge is -2.30. The number of fused-ring (bicyclic) bond motifs is 1. The van der Waals surface area contributed by atoms with E-state index in [0.717, 1.165) is 6.92 Å². The van der Waals surface area contributed by atoms with Gasteiger partial charge >= 0.3 is 11.9 Å². The molecule has 15 amide bonds. The molecular formula is C77H113N21O20. The van der Waals surface area contributed by atoms with E-state index in [1.165, 1.54) is 27.0 Å². The number of aliphatic hydroxyl groups excluding tert-OH is 1. The summed E-state index contributed by atoms with van der Waals surface area (Å²) in [4.78, 5) is 236. The summed E-state index contributed by atoms with van der Waals surface area (Å²) in [5.41, 5.74) is 35.5. The van der Waals surface area contributed by atoms with Crippen LogP contribution in [0.15, 0.2) is 91.1 Å². The second-order valence-electron chi connectivity index (χ2n) is 29.0. The average molecular weight is 1650 g/mol. The molecule has 41 nitrogen and oxygen atoms in total. The van der Waals surface area contributed by atoms with Crippen molar-refractivity contribution in [3.05, 3.63) is 108 Å². The number of rotatable bonds is 53. The number of aliphatic hydroxyl groups is 1. The Balaban J connectivity index is 1.65. The number of nitrogens with two attached hydrogens (primary N) is 6. The Morgan fingerprint density at radius 3 is 1.38 bits per heavy atom. The second-order valence-corrected chi connectivity index (χ2v) is 29.0. The van der Waals surface area contributed by atoms with Crippen LogP contribution in [0.4, 0.5) is 0 Å². The number of aromatic nitrogens is 1. The first-order valence-electron chi connectivity index (χ1n) is 38.5. The molecule has 0 bridgehead atoms. The number of aliphatic carboxylic acids is 2. The molecule has 15 atom stereocenters. The summed E-state index contributed by atoms with van der Waals surface area (Å²) in [6, 6.07) is 2.10. The second kappa shape index (κ2) is 49.3. The van der Waals surface area contributed by atoms with Crippen LogP contribution in [0.5, 0.6) is 0 Å². The van der Waals surface area contributed by atoms with Gasteiger partial charge in [0.2, 0.25) is 88.6 Å². The van der Waals surface area contributed by atoms with Crippen LogP contribution in [-0.2, 0) is 101 Å². The van der Waals surface area contributed by atoms with Crippen molar-refractivity contribution >= 4 is 117 Å². The summed E-state index contributed by atoms with van der Waals surface area (Å²) in [5.74, 6) is -21.1. The molecule has 0 aliphatic rings. The SMILES string of the molecule is CC[C@H](C)[C@H](NC(=O)[C@H](CCCNC(=N)N)NC(=O)[C@H](Cc1ccccc1)NC(=O)[C@H](C)NC(=O)[C@@H](N)CCC(N)=O)C(=O)N[C@@H](Cc1c[nH]c2ccccc12)C(=O)N[C@@H](CC(=O)O)C(=O)N[C@H](C(=O)N[C@@H](CC(N)=O)C(=O)N[C@@H](CCC(N)=O)C(=O)N[C@@H](CCCCN)C(=O)N[C@H](C(=O)N[C@@H](Cc1ccccc1)C(=O)O)[C@@H](C)O)C(C)C. The minimum Gasteiger partial charge on any atom is -0.481 e. The first-order chi connectivity index (χ1) is 55.7. The summed E-state index contributed by atoms with van der Waals surface area (Å²) in [6.07, 6.45) is -4.21. The molecular weight excluding hydrogens is 1540 g/mol. The summed E-state index contributed by atoms with van der Waals surface area (Å²) in [5, 5.41) is 71.4. The number of guanidine groups is 1. The quantitative estimate of drug-likeness (QED) is 0.0112. The van der Waals surface area contributed by atoms with Crippen LogP contribution < -0.4 is 104 Å². The average Bonchev–Trinajstić information content (AvgIpc) is 1.62. The highest BCUT2D eigenvalue weighted by Gasteiger charge is 2.40. The topological polar surface area (TPSA) is 703 Å². The number of hydrogen-bond acceptors (Lipinski definition) is 21. The molecule has 0 saturated heterocycles. The van der Waals surface area contributed by atoms with Crippen molar-refractivity contribution in [2.75, 3.05) is 13.1 Å². The lowest BCUT2D eigenvalue weighted by molar-refractivity contribution is -0.143. The molecule has 0 saturated carbocycles. The number of carboxylic acid groups (broad SMARTS) is 2. The van der Waals surface area contributed by atoms with Crippen molar-refractivity contribution in [1.29, 1.82) is 5.41 Å². The Hall–Kier alpha value is -12.7. The monoisotopic (exact) mass is 1650 g/mol. The maximum atomic E-state index is 15.0. The van der Waals surface area contributed by atoms with Crippen molar-refractivity contribution in [2.45, 2.75) is 223 Å². The van der Waals surface area contributed by atoms with Gasteiger partial charge in [-0.2, -0.15) is 0 Å². The van der Waals surface area contributed by atoms with Gasteiger partial charge in [0, 0.05) is 55.7 Å². The largest absolute Gasteiger partial charge is 0.481 e. The fourth-order valence-electron chi connectivity index (χ4n) is 12.1. The molecule has 118 heavy (non-hydrogen) atoms. The number of hydrogen-bond donors (Lipinski definition) is 24. The van der Waals surface area contributed by atoms with Crippen LogP contribution in [0.2, 0.25) is 0 Å². The molecule has 3 aromatic carbocycles. The third kappa shape index (κ3) is 33.7. The fourth-order valence-corrected chi connectivity index (χ4v) is 12.1. The number of aromatic amines is 1. The number of nitrogens with one attached hydrogen (secondary N) is 15. The number of primary amides is 3. The van der Waals surface area contributed by atoms with Gasteiger partial charge < -0.3 is 124 Å². The maximum absolute atomic E-state index is 15.0. The van der Waals surface area contributed by atoms with Crippen molar-refractivity contribution in [2.24, 2.45) is 46.2 Å². The summed E-state index contributed by atoms with van der Waals surface area (Å²) in [7, 11) is 0. The number of carbonyl (C=O) groups excluding carboxylic acids is 15. The van der Waals surface area contributed by atoms with Gasteiger partial charge in [-0.1, -0.05) is 113 Å². The molecule has 4 aromatic rings. The molecule has 0 radical (unpaired) electrons. The predicted molar refractivity (Wildman–Crippen MR) is 428 cm³/mol. The van der Waals surface area contributed by atoms with Crippen LogP contribution in [0.3, 0.4) is 0 Å². The lowest BCUT2D eigenvalue weighted by Crippen LogP contribution is -2.62. The molecule has 30 N–H and O–H groups in total. The molecule has 1 heterocycles. The smallest absolute Gasteiger partial charge is 0.326 e. The standard InChI is InChI=1S/C77H113N21O20/c1-7-40(4)62(97-67(108)50(26-18-32-85-77(83)84)89-69(110)52(33-43-19-10-8-11-20-43)91-64(105)41(5)87-65(106)47(79)27-29-57(80)100)74(115)93-53(35-45-38-86-48-24-15-14-23-46(45)48)70(111)92-55(37-60(103)104)72(113)96-61(39(2)3)73(114)94-54(36-59(82)102)71(112)90-51(28-30-58(81)101)66(107)88-49(25-16-17-31-78)68(109)98-63(42(6)99)75(116)95-56(76(117)118)34-44-21-12-9-13-22-44/h8-15,19-24,38-42,47,49-56,61-63,86,99H,7,16-18,25-37,78-79H2,1-6H3,(H2,80,100)(H2,81,101)(H2,82,102)(H,87,106)(H,88,107)(H,89,110)(H,90,112)(H,91,105)(H,92,111)(H,93,115)(H,94,114)(H,95,116)(H,96,113)(H,97,108)(H,98,109)(H,103,104)(H,117,118)(H4,83,84,85)/t40-,41-,42+,47-,49-,50-,51-,52-,53-,54-,55-,56-,61-,62-,63-/m0/s1. The number of benzene rings is 3. The Bertz CT molecular complexity index is 4150. The summed E-state index contributed by atoms with van der Waals surface area (Å²) in [6.45, 7) is 8.67.